The van der Waals surface area contributed by atoms with Crippen molar-refractivity contribution in [3.8, 4) is 11.5 Å². The van der Waals surface area contributed by atoms with Gasteiger partial charge in [0.05, 0.1) is 70.6 Å². The molecule has 8 rings (SSSR count). The van der Waals surface area contributed by atoms with Crippen molar-refractivity contribution in [3.05, 3.63) is 83.2 Å². The largest absolute Gasteiger partial charge is 0.494 e. The van der Waals surface area contributed by atoms with E-state index in [4.69, 9.17) is 37.9 Å². The summed E-state index contributed by atoms with van der Waals surface area (Å²) in [5, 5.41) is 20.4. The maximum absolute atomic E-state index is 13.2. The molecular formula is C53H73N7O12S. The maximum atomic E-state index is 13.2. The van der Waals surface area contributed by atoms with Crippen LogP contribution in [0.25, 0.3) is 0 Å². The minimum atomic E-state index is -0.584. The summed E-state index contributed by atoms with van der Waals surface area (Å²) in [5.74, 6) is 2.07. The van der Waals surface area contributed by atoms with Crippen molar-refractivity contribution >= 4 is 35.6 Å². The number of allylic oxidation sites excluding steroid dienone is 1. The number of hydrogen-bond donors (Lipinski definition) is 4. The molecule has 0 saturated carbocycles. The van der Waals surface area contributed by atoms with Crippen molar-refractivity contribution in [3.63, 3.8) is 0 Å². The number of carbonyl (C=O) groups excluding carboxylic acids is 4. The average Bonchev–Trinajstić information content (AvgIpc) is 4.22. The first-order chi connectivity index (χ1) is 35.6. The van der Waals surface area contributed by atoms with Gasteiger partial charge in [-0.2, -0.15) is 11.8 Å². The van der Waals surface area contributed by atoms with Crippen LogP contribution in [0.3, 0.4) is 0 Å². The number of methoxy groups -OCH3 is 1. The van der Waals surface area contributed by atoms with Crippen molar-refractivity contribution in [2.75, 3.05) is 72.2 Å². The number of ketones is 1. The molecule has 0 radical (unpaired) electrons. The molecule has 4 saturated heterocycles. The number of hydrogen-bond acceptors (Lipinski definition) is 15. The van der Waals surface area contributed by atoms with Gasteiger partial charge >= 0.3 is 12.1 Å². The molecule has 4 N–H and O–H groups in total. The normalized spacial score (nSPS) is 24.7. The first-order valence-electron chi connectivity index (χ1n) is 26.1. The molecule has 5 aliphatic rings. The second-order valence-electron chi connectivity index (χ2n) is 19.6. The summed E-state index contributed by atoms with van der Waals surface area (Å²) in [6.45, 7) is 6.74. The molecule has 4 fully saturated rings. The highest BCUT2D eigenvalue weighted by Crippen LogP contribution is 2.54. The van der Waals surface area contributed by atoms with Crippen LogP contribution in [0.15, 0.2) is 66.4 Å². The third-order valence-electron chi connectivity index (χ3n) is 14.2. The Morgan fingerprint density at radius 2 is 1.58 bits per heavy atom. The number of aryl methyl sites for hydroxylation is 1. The van der Waals surface area contributed by atoms with Gasteiger partial charge in [0.25, 0.3) is 0 Å². The second-order valence-corrected chi connectivity index (χ2v) is 20.8. The van der Waals surface area contributed by atoms with E-state index in [1.165, 1.54) is 5.57 Å². The van der Waals surface area contributed by atoms with Crippen LogP contribution in [0.4, 0.5) is 9.59 Å². The second kappa shape index (κ2) is 26.8. The van der Waals surface area contributed by atoms with Crippen LogP contribution in [0.1, 0.15) is 106 Å². The zero-order chi connectivity index (χ0) is 50.9. The fourth-order valence-electron chi connectivity index (χ4n) is 10.2. The SMILES string of the molecule is CO[C@]1(C)C[C@@H]2OCC3=CC[C@H](CCCCOCc4cn(CCCOc5ccc(C(=O)c6ccc(OCCCOC(=O)NCCOCCNC(=O)CCCC[C@@H]7SC[C@@H]8NC(=O)N[C@@H]87)cc6)cc5)nn4)C[C@]32O1. The summed E-state index contributed by atoms with van der Waals surface area (Å²) in [6.07, 6.45) is 14.2. The van der Waals surface area contributed by atoms with Crippen LogP contribution in [0.2, 0.25) is 0 Å². The van der Waals surface area contributed by atoms with Crippen LogP contribution >= 0.6 is 11.8 Å². The lowest BCUT2D eigenvalue weighted by Crippen LogP contribution is -2.42. The molecule has 3 aromatic rings. The van der Waals surface area contributed by atoms with Gasteiger partial charge in [-0.3, -0.25) is 14.3 Å². The molecular weight excluding hydrogens is 959 g/mol. The van der Waals surface area contributed by atoms with Crippen molar-refractivity contribution < 1.29 is 57.1 Å². The number of rotatable bonds is 31. The lowest BCUT2D eigenvalue weighted by atomic mass is 9.74. The third kappa shape index (κ3) is 15.4. The molecule has 20 heteroatoms. The minimum Gasteiger partial charge on any atom is -0.494 e. The summed E-state index contributed by atoms with van der Waals surface area (Å²) in [7, 11) is 1.71. The number of ether oxygens (including phenoxy) is 8. The fourth-order valence-corrected chi connectivity index (χ4v) is 11.8. The van der Waals surface area contributed by atoms with Gasteiger partial charge in [-0.1, -0.05) is 24.1 Å². The van der Waals surface area contributed by atoms with E-state index in [0.717, 1.165) is 75.7 Å². The molecule has 7 atom stereocenters. The molecule has 0 unspecified atom stereocenters. The Hall–Kier alpha value is -5.25. The van der Waals surface area contributed by atoms with Crippen LogP contribution in [-0.4, -0.2) is 146 Å². The van der Waals surface area contributed by atoms with Gasteiger partial charge in [-0.05, 0) is 105 Å². The van der Waals surface area contributed by atoms with E-state index in [1.807, 2.05) is 24.9 Å². The molecule has 2 aromatic carbocycles. The Balaban J connectivity index is 0.595. The summed E-state index contributed by atoms with van der Waals surface area (Å²) < 4.78 is 48.6. The molecule has 398 valence electrons. The number of thioether (sulfide) groups is 1. The Labute approximate surface area is 432 Å². The molecule has 1 aliphatic carbocycles. The van der Waals surface area contributed by atoms with Crippen molar-refractivity contribution in [2.24, 2.45) is 5.92 Å². The highest BCUT2D eigenvalue weighted by molar-refractivity contribution is 8.00. The zero-order valence-electron chi connectivity index (χ0n) is 42.3. The monoisotopic (exact) mass is 1030 g/mol. The topological polar surface area (TPSA) is 221 Å². The van der Waals surface area contributed by atoms with Crippen LogP contribution < -0.4 is 30.7 Å². The first kappa shape index (κ1) is 54.0. The van der Waals surface area contributed by atoms with Crippen LogP contribution in [0, 0.1) is 5.92 Å². The van der Waals surface area contributed by atoms with Crippen molar-refractivity contribution in [2.45, 2.75) is 132 Å². The number of nitrogens with one attached hydrogen (secondary N) is 4. The minimum absolute atomic E-state index is 0.0118. The Bertz CT molecular complexity index is 2300. The van der Waals surface area contributed by atoms with E-state index in [9.17, 15) is 19.2 Å². The standard InChI is InChI=1S/C53H73N7O12S/c1-52(65-2)32-46-53(72-52)31-37(12-17-40(53)34-71-46)9-5-6-25-67-35-41-33-60(59-58-41)24-7-26-68-42-18-13-38(14-19-42)49(62)39-15-20-43(21-16-39)69-27-8-28-70-51(64)55-23-30-66-29-22-54-47(61)11-4-3-10-45-48-44(36-73-45)56-50(63)57-48/h13-21,33,37,44-46,48H,3-12,22-32,34-36H2,1-2H3,(H,54,61)(H,55,64)(H2,56,57,63)/t37-,44-,45-,46-,48-,52-,53-/m0/s1. The van der Waals surface area contributed by atoms with Gasteiger partial charge in [0.2, 0.25) is 5.91 Å². The molecule has 5 heterocycles. The van der Waals surface area contributed by atoms with Crippen molar-refractivity contribution in [1.82, 2.24) is 36.3 Å². The predicted molar refractivity (Wildman–Crippen MR) is 272 cm³/mol. The Morgan fingerprint density at radius 1 is 0.836 bits per heavy atom. The van der Waals surface area contributed by atoms with Crippen LogP contribution in [-0.2, 0) is 46.4 Å². The van der Waals surface area contributed by atoms with E-state index in [1.54, 1.807) is 60.3 Å². The summed E-state index contributed by atoms with van der Waals surface area (Å²) in [4.78, 5) is 48.9. The summed E-state index contributed by atoms with van der Waals surface area (Å²) >= 11 is 1.88. The van der Waals surface area contributed by atoms with Gasteiger partial charge in [0.15, 0.2) is 11.6 Å². The number of urea groups is 1. The Kier molecular flexibility index (Phi) is 19.8. The van der Waals surface area contributed by atoms with E-state index >= 15 is 0 Å². The maximum Gasteiger partial charge on any atom is 0.407 e. The van der Waals surface area contributed by atoms with E-state index in [0.29, 0.717) is 99.4 Å². The van der Waals surface area contributed by atoms with E-state index in [2.05, 4.69) is 37.7 Å². The molecule has 19 nitrogen and oxygen atoms in total. The van der Waals surface area contributed by atoms with E-state index in [-0.39, 0.29) is 61.3 Å². The number of alkyl carbamates (subject to hydrolysis) is 1. The summed E-state index contributed by atoms with van der Waals surface area (Å²) in [6, 6.07) is 14.4. The van der Waals surface area contributed by atoms with E-state index < -0.39 is 11.9 Å². The number of benzene rings is 2. The first-order valence-corrected chi connectivity index (χ1v) is 27.1. The van der Waals surface area contributed by atoms with Gasteiger partial charge in [-0.15, -0.1) is 5.10 Å². The lowest BCUT2D eigenvalue weighted by molar-refractivity contribution is -0.223. The zero-order valence-corrected chi connectivity index (χ0v) is 43.1. The summed E-state index contributed by atoms with van der Waals surface area (Å²) in [5.41, 5.74) is 2.86. The van der Waals surface area contributed by atoms with Gasteiger partial charge < -0.3 is 59.2 Å². The highest BCUT2D eigenvalue weighted by atomic mass is 32.2. The number of unbranched alkanes of at least 4 members (excludes halogenated alkanes) is 2. The molecule has 1 spiro atoms. The molecule has 1 aromatic heterocycles. The fraction of sp³-hybridized carbons (Fsp3) is 0.623. The number of aromatic nitrogens is 3. The average molecular weight is 1030 g/mol. The highest BCUT2D eigenvalue weighted by Gasteiger charge is 2.61. The number of fused-ring (bicyclic) bond motifs is 1. The van der Waals surface area contributed by atoms with Gasteiger partial charge in [-0.25, -0.2) is 9.59 Å². The molecule has 4 amide bonds. The quantitative estimate of drug-likeness (QED) is 0.0241. The third-order valence-corrected chi connectivity index (χ3v) is 15.7. The predicted octanol–water partition coefficient (Wildman–Crippen LogP) is 6.28. The molecule has 4 aliphatic heterocycles. The molecule has 73 heavy (non-hydrogen) atoms. The Morgan fingerprint density at radius 3 is 2.34 bits per heavy atom. The van der Waals surface area contributed by atoms with Crippen molar-refractivity contribution in [1.29, 1.82) is 0 Å². The number of carbonyl (C=O) groups is 4. The van der Waals surface area contributed by atoms with Gasteiger partial charge in [0, 0.05) is 81.2 Å². The molecule has 0 bridgehead atoms. The number of amides is 4. The lowest BCUT2D eigenvalue weighted by Gasteiger charge is -2.38. The van der Waals surface area contributed by atoms with Crippen LogP contribution in [0.5, 0.6) is 11.5 Å². The smallest absolute Gasteiger partial charge is 0.407 e. The number of nitrogens with zero attached hydrogens (tertiary/aromatic N) is 3. The van der Waals surface area contributed by atoms with Gasteiger partial charge in [0.1, 0.15) is 22.8 Å².